The molecule has 0 aliphatic rings. The Labute approximate surface area is 197 Å². The molecule has 4 rings (SSSR count). The summed E-state index contributed by atoms with van der Waals surface area (Å²) in [6, 6.07) is 27.2. The van der Waals surface area contributed by atoms with Crippen LogP contribution >= 0.6 is 11.6 Å². The van der Waals surface area contributed by atoms with Crippen molar-refractivity contribution < 1.29 is 9.47 Å². The van der Waals surface area contributed by atoms with Gasteiger partial charge in [0, 0.05) is 12.1 Å². The highest BCUT2D eigenvalue weighted by atomic mass is 35.5. The lowest BCUT2D eigenvalue weighted by Gasteiger charge is -2.14. The smallest absolute Gasteiger partial charge is 0.225 e. The highest BCUT2D eigenvalue weighted by Gasteiger charge is 2.17. The monoisotopic (exact) mass is 456 g/mol. The Morgan fingerprint density at radius 2 is 1.61 bits per heavy atom. The largest absolute Gasteiger partial charge is 0.493 e. The number of nitriles is 1. The molecule has 4 aromatic rings. The van der Waals surface area contributed by atoms with E-state index in [1.807, 2.05) is 66.7 Å². The molecule has 1 heterocycles. The summed E-state index contributed by atoms with van der Waals surface area (Å²) in [7, 11) is 1.57. The molecule has 0 saturated carbocycles. The van der Waals surface area contributed by atoms with E-state index in [1.54, 1.807) is 19.2 Å². The topological polar surface area (TPSA) is 80.1 Å². The number of ether oxygens (including phenoxy) is 2. The van der Waals surface area contributed by atoms with Gasteiger partial charge >= 0.3 is 0 Å². The molecule has 3 aromatic carbocycles. The number of nitrogens with zero attached hydrogens (tertiary/aromatic N) is 3. The standard InChI is InChI=1S/C26H21ClN4O2/c1-32-23-14-20(12-13-22(23)33-17-19-10-6-3-7-11-19)24-21(15-28)25(27)31-26(30-24)29-16-18-8-4-2-5-9-18/h2-14H,16-17H2,1H3,(H,29,30,31). The molecule has 164 valence electrons. The van der Waals surface area contributed by atoms with Crippen molar-refractivity contribution >= 4 is 17.5 Å². The van der Waals surface area contributed by atoms with Crippen molar-refractivity contribution in [2.24, 2.45) is 0 Å². The van der Waals surface area contributed by atoms with Gasteiger partial charge in [-0.15, -0.1) is 0 Å². The Morgan fingerprint density at radius 3 is 2.27 bits per heavy atom. The number of methoxy groups -OCH3 is 1. The van der Waals surface area contributed by atoms with Crippen molar-refractivity contribution in [3.63, 3.8) is 0 Å². The molecule has 0 fully saturated rings. The summed E-state index contributed by atoms with van der Waals surface area (Å²) in [6.07, 6.45) is 0. The van der Waals surface area contributed by atoms with Gasteiger partial charge < -0.3 is 14.8 Å². The number of aromatic nitrogens is 2. The van der Waals surface area contributed by atoms with Crippen LogP contribution in [0.15, 0.2) is 78.9 Å². The highest BCUT2D eigenvalue weighted by Crippen LogP contribution is 2.35. The highest BCUT2D eigenvalue weighted by molar-refractivity contribution is 6.31. The minimum atomic E-state index is 0.0847. The maximum absolute atomic E-state index is 9.66. The fourth-order valence-corrected chi connectivity index (χ4v) is 3.48. The number of hydrogen-bond donors (Lipinski definition) is 1. The Bertz CT molecular complexity index is 1270. The molecule has 6 nitrogen and oxygen atoms in total. The summed E-state index contributed by atoms with van der Waals surface area (Å²) in [5.74, 6) is 1.45. The van der Waals surface area contributed by atoms with Gasteiger partial charge in [0.25, 0.3) is 0 Å². The number of nitrogens with one attached hydrogen (secondary N) is 1. The van der Waals surface area contributed by atoms with E-state index in [0.717, 1.165) is 11.1 Å². The minimum Gasteiger partial charge on any atom is -0.493 e. The van der Waals surface area contributed by atoms with Gasteiger partial charge in [-0.1, -0.05) is 72.3 Å². The van der Waals surface area contributed by atoms with Gasteiger partial charge in [0.1, 0.15) is 18.2 Å². The molecule has 7 heteroatoms. The number of anilines is 1. The molecular weight excluding hydrogens is 436 g/mol. The fourth-order valence-electron chi connectivity index (χ4n) is 3.27. The van der Waals surface area contributed by atoms with E-state index in [0.29, 0.717) is 41.9 Å². The Kier molecular flexibility index (Phi) is 7.03. The molecule has 33 heavy (non-hydrogen) atoms. The molecule has 0 amide bonds. The first-order chi connectivity index (χ1) is 16.2. The van der Waals surface area contributed by atoms with E-state index in [2.05, 4.69) is 21.4 Å². The zero-order valence-electron chi connectivity index (χ0n) is 18.0. The number of rotatable bonds is 8. The van der Waals surface area contributed by atoms with Crippen molar-refractivity contribution in [3.05, 3.63) is 101 Å². The predicted molar refractivity (Wildman–Crippen MR) is 128 cm³/mol. The molecule has 0 radical (unpaired) electrons. The van der Waals surface area contributed by atoms with Gasteiger partial charge in [-0.3, -0.25) is 0 Å². The van der Waals surface area contributed by atoms with Crippen molar-refractivity contribution in [2.75, 3.05) is 12.4 Å². The maximum atomic E-state index is 9.66. The molecule has 0 atom stereocenters. The van der Waals surface area contributed by atoms with Crippen LogP contribution in [0, 0.1) is 11.3 Å². The van der Waals surface area contributed by atoms with Gasteiger partial charge in [-0.2, -0.15) is 10.2 Å². The van der Waals surface area contributed by atoms with Gasteiger partial charge in [-0.05, 0) is 29.3 Å². The zero-order chi connectivity index (χ0) is 23.0. The second-order valence-corrected chi connectivity index (χ2v) is 7.51. The molecule has 0 unspecified atom stereocenters. The Balaban J connectivity index is 1.61. The number of hydrogen-bond acceptors (Lipinski definition) is 6. The minimum absolute atomic E-state index is 0.0847. The van der Waals surface area contributed by atoms with E-state index in [9.17, 15) is 5.26 Å². The first-order valence-electron chi connectivity index (χ1n) is 10.3. The van der Waals surface area contributed by atoms with E-state index in [-0.39, 0.29) is 10.7 Å². The van der Waals surface area contributed by atoms with Crippen LogP contribution in [0.4, 0.5) is 5.95 Å². The molecule has 1 N–H and O–H groups in total. The SMILES string of the molecule is COc1cc(-c2nc(NCc3ccccc3)nc(Cl)c2C#N)ccc1OCc1ccccc1. The molecule has 0 spiro atoms. The van der Waals surface area contributed by atoms with Crippen molar-refractivity contribution in [1.29, 1.82) is 5.26 Å². The quantitative estimate of drug-likeness (QED) is 0.334. The summed E-state index contributed by atoms with van der Waals surface area (Å²) < 4.78 is 11.5. The van der Waals surface area contributed by atoms with Gasteiger partial charge in [0.05, 0.1) is 12.8 Å². The molecule has 1 aromatic heterocycles. The third-order valence-electron chi connectivity index (χ3n) is 4.94. The maximum Gasteiger partial charge on any atom is 0.225 e. The van der Waals surface area contributed by atoms with Gasteiger partial charge in [0.15, 0.2) is 16.7 Å². The molecule has 0 bridgehead atoms. The normalized spacial score (nSPS) is 10.3. The van der Waals surface area contributed by atoms with Crippen molar-refractivity contribution in [3.8, 4) is 28.8 Å². The van der Waals surface area contributed by atoms with Crippen LogP contribution in [-0.2, 0) is 13.2 Å². The van der Waals surface area contributed by atoms with Crippen LogP contribution in [0.25, 0.3) is 11.3 Å². The first-order valence-corrected chi connectivity index (χ1v) is 10.7. The summed E-state index contributed by atoms with van der Waals surface area (Å²) in [6.45, 7) is 0.935. The van der Waals surface area contributed by atoms with Crippen LogP contribution in [-0.4, -0.2) is 17.1 Å². The van der Waals surface area contributed by atoms with E-state index >= 15 is 0 Å². The summed E-state index contributed by atoms with van der Waals surface area (Å²) in [5.41, 5.74) is 3.40. The van der Waals surface area contributed by atoms with E-state index < -0.39 is 0 Å². The Morgan fingerprint density at radius 1 is 0.909 bits per heavy atom. The first kappa shape index (κ1) is 22.1. The second-order valence-electron chi connectivity index (χ2n) is 7.15. The van der Waals surface area contributed by atoms with Crippen LogP contribution in [0.1, 0.15) is 16.7 Å². The Hall–Kier alpha value is -4.08. The second kappa shape index (κ2) is 10.5. The van der Waals surface area contributed by atoms with Crippen LogP contribution < -0.4 is 14.8 Å². The lowest BCUT2D eigenvalue weighted by Crippen LogP contribution is -2.06. The molecule has 0 saturated heterocycles. The number of benzene rings is 3. The summed E-state index contributed by atoms with van der Waals surface area (Å²) in [4.78, 5) is 8.80. The lowest BCUT2D eigenvalue weighted by atomic mass is 10.1. The predicted octanol–water partition coefficient (Wildman–Crippen LogP) is 5.87. The van der Waals surface area contributed by atoms with Gasteiger partial charge in [-0.25, -0.2) is 4.98 Å². The molecule has 0 aliphatic heterocycles. The lowest BCUT2D eigenvalue weighted by molar-refractivity contribution is 0.284. The molecular formula is C26H21ClN4O2. The van der Waals surface area contributed by atoms with Crippen LogP contribution in [0.5, 0.6) is 11.5 Å². The summed E-state index contributed by atoms with van der Waals surface area (Å²) in [5, 5.41) is 12.9. The van der Waals surface area contributed by atoms with Crippen LogP contribution in [0.3, 0.4) is 0 Å². The third kappa shape index (κ3) is 5.40. The third-order valence-corrected chi connectivity index (χ3v) is 5.22. The van der Waals surface area contributed by atoms with Gasteiger partial charge in [0.2, 0.25) is 5.95 Å². The van der Waals surface area contributed by atoms with Crippen molar-refractivity contribution in [1.82, 2.24) is 9.97 Å². The average Bonchev–Trinajstić information content (AvgIpc) is 2.87. The summed E-state index contributed by atoms with van der Waals surface area (Å²) >= 11 is 6.32. The fraction of sp³-hybridized carbons (Fsp3) is 0.115. The molecule has 0 aliphatic carbocycles. The van der Waals surface area contributed by atoms with Crippen LogP contribution in [0.2, 0.25) is 5.15 Å². The number of halogens is 1. The van der Waals surface area contributed by atoms with E-state index in [1.165, 1.54) is 0 Å². The van der Waals surface area contributed by atoms with Crippen molar-refractivity contribution in [2.45, 2.75) is 13.2 Å². The van der Waals surface area contributed by atoms with E-state index in [4.69, 9.17) is 21.1 Å². The zero-order valence-corrected chi connectivity index (χ0v) is 18.7. The average molecular weight is 457 g/mol.